The molecule has 0 aliphatic heterocycles. The van der Waals surface area contributed by atoms with Crippen LogP contribution in [-0.2, 0) is 19.3 Å². The van der Waals surface area contributed by atoms with Gasteiger partial charge in [0.15, 0.2) is 0 Å². The van der Waals surface area contributed by atoms with Gasteiger partial charge >= 0.3 is 0 Å². The van der Waals surface area contributed by atoms with E-state index in [1.54, 1.807) is 12.1 Å². The molecule has 2 nitrogen and oxygen atoms in total. The Bertz CT molecular complexity index is 1110. The van der Waals surface area contributed by atoms with E-state index in [0.717, 1.165) is 31.1 Å². The molecule has 1 heterocycles. The lowest BCUT2D eigenvalue weighted by Crippen LogP contribution is -1.77. The maximum Gasteiger partial charge on any atom is 0.115 e. The van der Waals surface area contributed by atoms with E-state index >= 15 is 0 Å². The van der Waals surface area contributed by atoms with Gasteiger partial charge in [0.05, 0.1) is 0 Å². The average Bonchev–Trinajstić information content (AvgIpc) is 3.54. The minimum Gasteiger partial charge on any atom is -0.508 e. The van der Waals surface area contributed by atoms with Gasteiger partial charge < -0.3 is 10.1 Å². The molecule has 284 valence electrons. The van der Waals surface area contributed by atoms with E-state index in [9.17, 15) is 0 Å². The summed E-state index contributed by atoms with van der Waals surface area (Å²) in [5, 5.41) is 10.2. The predicted molar refractivity (Wildman–Crippen MR) is 234 cm³/mol. The number of aromatic nitrogens is 1. The summed E-state index contributed by atoms with van der Waals surface area (Å²) >= 11 is 1.90. The summed E-state index contributed by atoms with van der Waals surface area (Å²) < 4.78 is 0. The molecule has 0 saturated carbocycles. The van der Waals surface area contributed by atoms with Gasteiger partial charge in [0.1, 0.15) is 5.75 Å². The van der Waals surface area contributed by atoms with Crippen molar-refractivity contribution in [3.05, 3.63) is 102 Å². The lowest BCUT2D eigenvalue weighted by Gasteiger charge is -1.93. The van der Waals surface area contributed by atoms with Crippen molar-refractivity contribution in [1.82, 2.24) is 4.98 Å². The summed E-state index contributed by atoms with van der Waals surface area (Å²) in [6, 6.07) is 26.1. The van der Waals surface area contributed by atoms with E-state index in [0.29, 0.717) is 5.75 Å². The molecule has 0 saturated heterocycles. The van der Waals surface area contributed by atoms with E-state index in [4.69, 9.17) is 5.11 Å². The van der Waals surface area contributed by atoms with Crippen LogP contribution >= 0.6 is 11.8 Å². The van der Waals surface area contributed by atoms with Crippen molar-refractivity contribution >= 4 is 22.7 Å². The summed E-state index contributed by atoms with van der Waals surface area (Å²) in [6.45, 7) is 30.1. The zero-order chi connectivity index (χ0) is 37.6. The molecule has 0 aliphatic rings. The van der Waals surface area contributed by atoms with Crippen LogP contribution in [-0.4, -0.2) is 22.1 Å². The molecule has 1 aromatic heterocycles. The molecule has 0 unspecified atom stereocenters. The Morgan fingerprint density at radius 1 is 0.612 bits per heavy atom. The van der Waals surface area contributed by atoms with Gasteiger partial charge in [0.25, 0.3) is 0 Å². The highest BCUT2D eigenvalue weighted by molar-refractivity contribution is 7.98. The highest BCUT2D eigenvalue weighted by Crippen LogP contribution is 2.17. The molecule has 0 bridgehead atoms. The third-order valence-electron chi connectivity index (χ3n) is 6.38. The monoisotopic (exact) mass is 698 g/mol. The van der Waals surface area contributed by atoms with E-state index in [1.165, 1.54) is 59.0 Å². The number of aromatic amines is 1. The van der Waals surface area contributed by atoms with Crippen molar-refractivity contribution in [2.45, 2.75) is 149 Å². The van der Waals surface area contributed by atoms with Crippen molar-refractivity contribution in [2.24, 2.45) is 11.8 Å². The van der Waals surface area contributed by atoms with Crippen LogP contribution in [0.5, 0.6) is 5.75 Å². The molecular formula is C46H83NOS. The maximum absolute atomic E-state index is 8.85. The minimum atomic E-state index is 0. The van der Waals surface area contributed by atoms with Crippen molar-refractivity contribution in [1.29, 1.82) is 0 Å². The molecular weight excluding hydrogens is 615 g/mol. The number of para-hydroxylation sites is 1. The number of hydrogen-bond acceptors (Lipinski definition) is 2. The molecule has 4 rings (SSSR count). The van der Waals surface area contributed by atoms with Crippen LogP contribution in [0.1, 0.15) is 147 Å². The number of thioether (sulfide) groups is 1. The fourth-order valence-corrected chi connectivity index (χ4v) is 3.48. The predicted octanol–water partition coefficient (Wildman–Crippen LogP) is 15.9. The van der Waals surface area contributed by atoms with Crippen LogP contribution in [0.25, 0.3) is 10.9 Å². The molecule has 0 radical (unpaired) electrons. The summed E-state index contributed by atoms with van der Waals surface area (Å²) in [5.74, 6) is 3.36. The topological polar surface area (TPSA) is 36.0 Å². The third kappa shape index (κ3) is 39.7. The number of phenolic OH excluding ortho intramolecular Hbond substituents is 1. The van der Waals surface area contributed by atoms with Crippen molar-refractivity contribution in [3.8, 4) is 5.75 Å². The van der Waals surface area contributed by atoms with E-state index in [1.807, 2.05) is 43.8 Å². The smallest absolute Gasteiger partial charge is 0.115 e. The van der Waals surface area contributed by atoms with Crippen molar-refractivity contribution < 1.29 is 5.11 Å². The fourth-order valence-electron chi connectivity index (χ4n) is 3.07. The average molecular weight is 698 g/mol. The zero-order valence-corrected chi connectivity index (χ0v) is 35.1. The molecule has 0 amide bonds. The van der Waals surface area contributed by atoms with Gasteiger partial charge in [-0.15, -0.1) is 0 Å². The molecule has 3 aromatic carbocycles. The normalized spacial score (nSPS) is 8.92. The van der Waals surface area contributed by atoms with Crippen molar-refractivity contribution in [2.75, 3.05) is 12.0 Å². The van der Waals surface area contributed by atoms with Crippen molar-refractivity contribution in [3.63, 3.8) is 0 Å². The Morgan fingerprint density at radius 2 is 1.04 bits per heavy atom. The van der Waals surface area contributed by atoms with Gasteiger partial charge in [-0.05, 0) is 84.4 Å². The number of H-pyrrole nitrogens is 1. The van der Waals surface area contributed by atoms with Gasteiger partial charge in [-0.2, -0.15) is 11.8 Å². The first-order chi connectivity index (χ1) is 23.0. The van der Waals surface area contributed by atoms with Crippen LogP contribution < -0.4 is 0 Å². The number of benzene rings is 3. The van der Waals surface area contributed by atoms with Gasteiger partial charge in [0, 0.05) is 17.1 Å². The van der Waals surface area contributed by atoms with Gasteiger partial charge in [0.2, 0.25) is 0 Å². The number of phenols is 1. The highest BCUT2D eigenvalue weighted by Gasteiger charge is 1.98. The molecule has 3 heteroatoms. The molecule has 0 atom stereocenters. The second-order valence-corrected chi connectivity index (χ2v) is 13.1. The number of fused-ring (bicyclic) bond motifs is 1. The number of unbranched alkanes of at least 4 members (excludes halogenated alkanes) is 1. The minimum absolute atomic E-state index is 0. The number of nitrogens with one attached hydrogen (secondary N) is 1. The zero-order valence-electron chi connectivity index (χ0n) is 34.2. The standard InChI is InChI=1S/C10H11N.C8H10O.C8H10.C5H12.C4H10S.2C4H10.C2H6.CH4/c1-2-8-7-11-10-6-4-3-5-9(8)10;1-2-7-3-5-8(9)6-4-7;1-2-8-6-4-3-5-7-8;1-4-5(2)3;1-3-4-5-2;1-4(2)3;1-3-4-2;1-2;/h3-7,11H,2H2,1H3;3-6,9H,2H2,1H3;3-7H,2H2,1H3;5H,4H2,1-3H3;3-4H2,1-2H3;4H,1-3H3;3-4H2,1-2H3;1-2H3;1H4. The van der Waals surface area contributed by atoms with Crippen LogP contribution in [0, 0.1) is 11.8 Å². The van der Waals surface area contributed by atoms with Crippen LogP contribution in [0.3, 0.4) is 0 Å². The summed E-state index contributed by atoms with van der Waals surface area (Å²) in [4.78, 5) is 3.24. The highest BCUT2D eigenvalue weighted by atomic mass is 32.2. The summed E-state index contributed by atoms with van der Waals surface area (Å²) in [5.41, 5.74) is 5.31. The number of aromatic hydroxyl groups is 1. The van der Waals surface area contributed by atoms with Gasteiger partial charge in [-0.25, -0.2) is 0 Å². The van der Waals surface area contributed by atoms with E-state index in [2.05, 4.69) is 149 Å². The number of aryl methyl sites for hydroxylation is 3. The second kappa shape index (κ2) is 43.4. The Morgan fingerprint density at radius 3 is 1.37 bits per heavy atom. The third-order valence-corrected chi connectivity index (χ3v) is 7.19. The summed E-state index contributed by atoms with van der Waals surface area (Å²) in [6.07, 6.45) is 12.7. The van der Waals surface area contributed by atoms with E-state index in [-0.39, 0.29) is 7.43 Å². The molecule has 0 spiro atoms. The number of rotatable bonds is 7. The lowest BCUT2D eigenvalue weighted by atomic mass is 10.1. The first-order valence-corrected chi connectivity index (χ1v) is 20.3. The maximum atomic E-state index is 8.85. The van der Waals surface area contributed by atoms with Gasteiger partial charge in [-0.1, -0.05) is 184 Å². The molecule has 0 aliphatic carbocycles. The van der Waals surface area contributed by atoms with E-state index < -0.39 is 0 Å². The molecule has 49 heavy (non-hydrogen) atoms. The van der Waals surface area contributed by atoms with Crippen LogP contribution in [0.4, 0.5) is 0 Å². The Balaban J connectivity index is -0.000000157. The van der Waals surface area contributed by atoms with Gasteiger partial charge in [-0.3, -0.25) is 0 Å². The molecule has 2 N–H and O–H groups in total. The Hall–Kier alpha value is -2.65. The first kappa shape index (κ1) is 55.8. The lowest BCUT2D eigenvalue weighted by molar-refractivity contribution is 0.475. The van der Waals surface area contributed by atoms with Crippen LogP contribution in [0.2, 0.25) is 0 Å². The number of hydrogen-bond donors (Lipinski definition) is 2. The Kier molecular flexibility index (Phi) is 49.3. The SMILES string of the molecule is C.CC.CC(C)C.CCC(C)C.CCCC.CCCSC.CCc1c[nH]c2ccccc12.CCc1ccc(O)cc1.CCc1ccccc1. The van der Waals surface area contributed by atoms with Crippen LogP contribution in [0.15, 0.2) is 85.1 Å². The quantitative estimate of drug-likeness (QED) is 0.202. The largest absolute Gasteiger partial charge is 0.508 e. The first-order valence-electron chi connectivity index (χ1n) is 18.9. The second-order valence-electron chi connectivity index (χ2n) is 12.1. The molecule has 0 fully saturated rings. The molecule has 4 aromatic rings. The summed E-state index contributed by atoms with van der Waals surface area (Å²) in [7, 11) is 0. The fraction of sp³-hybridized carbons (Fsp3) is 0.565. The Labute approximate surface area is 312 Å².